The first kappa shape index (κ1) is 14.5. The molecule has 1 aromatic heterocycles. The molecule has 0 spiro atoms. The van der Waals surface area contributed by atoms with Gasteiger partial charge >= 0.3 is 0 Å². The number of anilines is 1. The molecule has 1 aliphatic carbocycles. The Bertz CT molecular complexity index is 611. The molecule has 3 rings (SSSR count). The third-order valence-corrected chi connectivity index (χ3v) is 4.58. The lowest BCUT2D eigenvalue weighted by atomic mass is 9.90. The van der Waals surface area contributed by atoms with Gasteiger partial charge in [-0.05, 0) is 57.0 Å². The number of nitrogens with zero attached hydrogens (tertiary/aromatic N) is 1. The summed E-state index contributed by atoms with van der Waals surface area (Å²) in [6, 6.07) is 6.66. The Kier molecular flexibility index (Phi) is 4.20. The average Bonchev–Trinajstić information content (AvgIpc) is 2.84. The average molecular weight is 286 g/mol. The summed E-state index contributed by atoms with van der Waals surface area (Å²) in [6.07, 6.45) is 5.82. The molecule has 21 heavy (non-hydrogen) atoms. The Morgan fingerprint density at radius 2 is 2.00 bits per heavy atom. The smallest absolute Gasteiger partial charge is 0.134 e. The summed E-state index contributed by atoms with van der Waals surface area (Å²) in [5.74, 6) is 1.18. The van der Waals surface area contributed by atoms with Crippen LogP contribution in [0.25, 0.3) is 11.0 Å². The van der Waals surface area contributed by atoms with E-state index in [0.717, 1.165) is 24.1 Å². The SMILES string of the molecule is CCCN(CCC)C1CCc2oc3ccc(N)cc3c2C1. The first-order valence-corrected chi connectivity index (χ1v) is 8.26. The number of furan rings is 1. The van der Waals surface area contributed by atoms with Crippen LogP contribution in [0.4, 0.5) is 5.69 Å². The van der Waals surface area contributed by atoms with E-state index in [9.17, 15) is 0 Å². The number of benzene rings is 1. The minimum Gasteiger partial charge on any atom is -0.461 e. The Balaban J connectivity index is 1.89. The second-order valence-corrected chi connectivity index (χ2v) is 6.19. The quantitative estimate of drug-likeness (QED) is 0.845. The summed E-state index contributed by atoms with van der Waals surface area (Å²) >= 11 is 0. The van der Waals surface area contributed by atoms with Crippen molar-refractivity contribution in [3.05, 3.63) is 29.5 Å². The fourth-order valence-electron chi connectivity index (χ4n) is 3.64. The fourth-order valence-corrected chi connectivity index (χ4v) is 3.64. The lowest BCUT2D eigenvalue weighted by Crippen LogP contribution is -2.40. The Hall–Kier alpha value is -1.48. The van der Waals surface area contributed by atoms with Crippen LogP contribution in [0.1, 0.15) is 44.4 Å². The number of hydrogen-bond donors (Lipinski definition) is 1. The first-order valence-electron chi connectivity index (χ1n) is 8.26. The minimum absolute atomic E-state index is 0.652. The molecule has 1 aromatic carbocycles. The summed E-state index contributed by atoms with van der Waals surface area (Å²) in [6.45, 7) is 6.94. The Morgan fingerprint density at radius 1 is 1.24 bits per heavy atom. The van der Waals surface area contributed by atoms with Crippen LogP contribution in [0, 0.1) is 0 Å². The lowest BCUT2D eigenvalue weighted by molar-refractivity contribution is 0.177. The highest BCUT2D eigenvalue weighted by Crippen LogP contribution is 2.34. The van der Waals surface area contributed by atoms with Crippen LogP contribution in [0.3, 0.4) is 0 Å². The van der Waals surface area contributed by atoms with Crippen molar-refractivity contribution in [2.24, 2.45) is 0 Å². The number of hydrogen-bond acceptors (Lipinski definition) is 3. The van der Waals surface area contributed by atoms with Gasteiger partial charge in [-0.3, -0.25) is 0 Å². The van der Waals surface area contributed by atoms with Crippen molar-refractivity contribution in [2.75, 3.05) is 18.8 Å². The second-order valence-electron chi connectivity index (χ2n) is 6.19. The summed E-state index contributed by atoms with van der Waals surface area (Å²) in [4.78, 5) is 2.66. The van der Waals surface area contributed by atoms with Crippen molar-refractivity contribution < 1.29 is 4.42 Å². The van der Waals surface area contributed by atoms with Crippen molar-refractivity contribution in [3.63, 3.8) is 0 Å². The van der Waals surface area contributed by atoms with Gasteiger partial charge in [0, 0.05) is 29.1 Å². The van der Waals surface area contributed by atoms with E-state index < -0.39 is 0 Å². The molecule has 3 nitrogen and oxygen atoms in total. The molecule has 0 saturated heterocycles. The molecule has 114 valence electrons. The van der Waals surface area contributed by atoms with Crippen LogP contribution in [0.15, 0.2) is 22.6 Å². The topological polar surface area (TPSA) is 42.4 Å². The maximum Gasteiger partial charge on any atom is 0.134 e. The number of fused-ring (bicyclic) bond motifs is 3. The van der Waals surface area contributed by atoms with Gasteiger partial charge in [0.25, 0.3) is 0 Å². The zero-order chi connectivity index (χ0) is 14.8. The van der Waals surface area contributed by atoms with E-state index >= 15 is 0 Å². The third kappa shape index (κ3) is 2.80. The van der Waals surface area contributed by atoms with E-state index in [1.807, 2.05) is 12.1 Å². The standard InChI is InChI=1S/C18H26N2O/c1-3-9-20(10-4-2)14-6-8-18-16(12-14)15-11-13(19)5-7-17(15)21-18/h5,7,11,14H,3-4,6,8-10,12,19H2,1-2H3. The molecule has 0 bridgehead atoms. The lowest BCUT2D eigenvalue weighted by Gasteiger charge is -2.33. The first-order chi connectivity index (χ1) is 10.2. The van der Waals surface area contributed by atoms with Gasteiger partial charge in [-0.25, -0.2) is 0 Å². The van der Waals surface area contributed by atoms with Crippen LogP contribution in [-0.4, -0.2) is 24.0 Å². The molecule has 0 aliphatic heterocycles. The summed E-state index contributed by atoms with van der Waals surface area (Å²) in [5.41, 5.74) is 9.17. The molecule has 1 atom stereocenters. The molecule has 2 N–H and O–H groups in total. The van der Waals surface area contributed by atoms with E-state index in [1.54, 1.807) is 0 Å². The molecule has 1 aliphatic rings. The van der Waals surface area contributed by atoms with Crippen molar-refractivity contribution in [1.82, 2.24) is 4.90 Å². The van der Waals surface area contributed by atoms with E-state index in [1.165, 1.54) is 49.1 Å². The largest absolute Gasteiger partial charge is 0.461 e. The van der Waals surface area contributed by atoms with Crippen LogP contribution in [0.5, 0.6) is 0 Å². The van der Waals surface area contributed by atoms with Gasteiger partial charge in [-0.1, -0.05) is 13.8 Å². The van der Waals surface area contributed by atoms with E-state index in [-0.39, 0.29) is 0 Å². The van der Waals surface area contributed by atoms with Gasteiger partial charge in [0.05, 0.1) is 0 Å². The molecular weight excluding hydrogens is 260 g/mol. The van der Waals surface area contributed by atoms with Gasteiger partial charge in [0.1, 0.15) is 11.3 Å². The van der Waals surface area contributed by atoms with E-state index in [4.69, 9.17) is 10.2 Å². The van der Waals surface area contributed by atoms with Gasteiger partial charge in [-0.2, -0.15) is 0 Å². The maximum absolute atomic E-state index is 6.02. The van der Waals surface area contributed by atoms with Crippen LogP contribution < -0.4 is 5.73 Å². The molecule has 2 aromatic rings. The van der Waals surface area contributed by atoms with Gasteiger partial charge in [-0.15, -0.1) is 0 Å². The molecule has 1 unspecified atom stereocenters. The van der Waals surface area contributed by atoms with Crippen molar-refractivity contribution in [2.45, 2.75) is 52.0 Å². The monoisotopic (exact) mass is 286 g/mol. The number of nitrogens with two attached hydrogens (primary N) is 1. The minimum atomic E-state index is 0.652. The molecule has 0 fully saturated rings. The summed E-state index contributed by atoms with van der Waals surface area (Å²) < 4.78 is 6.02. The van der Waals surface area contributed by atoms with E-state index in [2.05, 4.69) is 24.8 Å². The highest BCUT2D eigenvalue weighted by Gasteiger charge is 2.27. The molecule has 0 saturated carbocycles. The van der Waals surface area contributed by atoms with Gasteiger partial charge < -0.3 is 15.1 Å². The number of aryl methyl sites for hydroxylation is 1. The Labute approximate surface area is 127 Å². The molecular formula is C18H26N2O. The van der Waals surface area contributed by atoms with Crippen molar-refractivity contribution >= 4 is 16.7 Å². The number of nitrogen functional groups attached to an aromatic ring is 1. The zero-order valence-electron chi connectivity index (χ0n) is 13.2. The second kappa shape index (κ2) is 6.10. The van der Waals surface area contributed by atoms with E-state index in [0.29, 0.717) is 6.04 Å². The van der Waals surface area contributed by atoms with Gasteiger partial charge in [0.2, 0.25) is 0 Å². The highest BCUT2D eigenvalue weighted by atomic mass is 16.3. The van der Waals surface area contributed by atoms with Gasteiger partial charge in [0.15, 0.2) is 0 Å². The highest BCUT2D eigenvalue weighted by molar-refractivity contribution is 5.85. The maximum atomic E-state index is 6.02. The van der Waals surface area contributed by atoms with Crippen molar-refractivity contribution in [3.8, 4) is 0 Å². The van der Waals surface area contributed by atoms with Crippen LogP contribution >= 0.6 is 0 Å². The van der Waals surface area contributed by atoms with Crippen LogP contribution in [-0.2, 0) is 12.8 Å². The fraction of sp³-hybridized carbons (Fsp3) is 0.556. The summed E-state index contributed by atoms with van der Waals surface area (Å²) in [7, 11) is 0. The molecule has 0 amide bonds. The predicted octanol–water partition coefficient (Wildman–Crippen LogP) is 3.99. The molecule has 0 radical (unpaired) electrons. The summed E-state index contributed by atoms with van der Waals surface area (Å²) in [5, 5.41) is 1.22. The van der Waals surface area contributed by atoms with Crippen LogP contribution in [0.2, 0.25) is 0 Å². The third-order valence-electron chi connectivity index (χ3n) is 4.58. The Morgan fingerprint density at radius 3 is 2.71 bits per heavy atom. The number of rotatable bonds is 5. The normalized spacial score (nSPS) is 18.3. The van der Waals surface area contributed by atoms with Crippen molar-refractivity contribution in [1.29, 1.82) is 0 Å². The molecule has 3 heteroatoms. The predicted molar refractivity (Wildman–Crippen MR) is 88.6 cm³/mol. The zero-order valence-corrected chi connectivity index (χ0v) is 13.2. The molecule has 1 heterocycles.